The Labute approximate surface area is 219 Å². The van der Waals surface area contributed by atoms with E-state index in [1.54, 1.807) is 12.1 Å². The van der Waals surface area contributed by atoms with Gasteiger partial charge in [0.2, 0.25) is 0 Å². The number of primary amides is 1. The van der Waals surface area contributed by atoms with Gasteiger partial charge in [0.15, 0.2) is 23.1 Å². The minimum atomic E-state index is -4.62. The summed E-state index contributed by atoms with van der Waals surface area (Å²) in [6.07, 6.45) is -3.16. The highest BCUT2D eigenvalue weighted by molar-refractivity contribution is 6.39. The molecule has 0 unspecified atom stereocenters. The van der Waals surface area contributed by atoms with Gasteiger partial charge in [0, 0.05) is 29.4 Å². The zero-order valence-corrected chi connectivity index (χ0v) is 20.6. The van der Waals surface area contributed by atoms with E-state index in [1.807, 2.05) is 0 Å². The summed E-state index contributed by atoms with van der Waals surface area (Å²) in [4.78, 5) is 29.2. The SMILES string of the molecule is COc1cc2nccc(Oc3ccc(N(Cc4cccc(C(F)(F)F)c4)C(=O)C(N)=O)cc3F)c2cc1OC. The third-order valence-electron chi connectivity index (χ3n) is 5.70. The van der Waals surface area contributed by atoms with E-state index in [2.05, 4.69) is 4.98 Å². The minimum Gasteiger partial charge on any atom is -0.493 e. The molecule has 0 aliphatic carbocycles. The molecule has 1 heterocycles. The molecule has 8 nitrogen and oxygen atoms in total. The third kappa shape index (κ3) is 5.84. The summed E-state index contributed by atoms with van der Waals surface area (Å²) in [5.74, 6) is -2.67. The van der Waals surface area contributed by atoms with E-state index < -0.39 is 35.9 Å². The lowest BCUT2D eigenvalue weighted by Crippen LogP contribution is -2.40. The Bertz CT molecular complexity index is 1560. The van der Waals surface area contributed by atoms with Gasteiger partial charge in [0.25, 0.3) is 0 Å². The minimum absolute atomic E-state index is 0.0489. The molecule has 12 heteroatoms. The van der Waals surface area contributed by atoms with Crippen molar-refractivity contribution in [1.29, 1.82) is 0 Å². The standard InChI is InChI=1S/C27H21F4N3O5/c1-37-23-12-18-20(13-24(23)38-2)33-9-8-21(18)39-22-7-6-17(11-19(22)28)34(26(36)25(32)35)14-15-4-3-5-16(10-15)27(29,30)31/h3-13H,14H2,1-2H3,(H2,32,35). The molecular formula is C27H21F4N3O5. The highest BCUT2D eigenvalue weighted by Gasteiger charge is 2.31. The average Bonchev–Trinajstić information content (AvgIpc) is 2.91. The molecule has 1 aromatic heterocycles. The number of fused-ring (bicyclic) bond motifs is 1. The smallest absolute Gasteiger partial charge is 0.416 e. The van der Waals surface area contributed by atoms with Crippen LogP contribution in [0.1, 0.15) is 11.1 Å². The van der Waals surface area contributed by atoms with E-state index in [4.69, 9.17) is 19.9 Å². The fourth-order valence-electron chi connectivity index (χ4n) is 3.84. The van der Waals surface area contributed by atoms with Crippen LogP contribution in [0, 0.1) is 5.82 Å². The van der Waals surface area contributed by atoms with Crippen LogP contribution in [0.2, 0.25) is 0 Å². The van der Waals surface area contributed by atoms with Crippen LogP contribution < -0.4 is 24.8 Å². The number of nitrogens with two attached hydrogens (primary N) is 1. The second-order valence-corrected chi connectivity index (χ2v) is 8.20. The van der Waals surface area contributed by atoms with Crippen molar-refractivity contribution in [2.24, 2.45) is 5.73 Å². The first kappa shape index (κ1) is 27.2. The lowest BCUT2D eigenvalue weighted by atomic mass is 10.1. The number of alkyl halides is 3. The number of pyridine rings is 1. The molecule has 3 aromatic carbocycles. The summed E-state index contributed by atoms with van der Waals surface area (Å²) in [6, 6.07) is 12.3. The van der Waals surface area contributed by atoms with Crippen LogP contribution in [0.5, 0.6) is 23.0 Å². The lowest BCUT2D eigenvalue weighted by Gasteiger charge is -2.22. The fraction of sp³-hybridized carbons (Fsp3) is 0.148. The number of rotatable bonds is 7. The summed E-state index contributed by atoms with van der Waals surface area (Å²) in [6.45, 7) is -0.470. The van der Waals surface area contributed by atoms with Gasteiger partial charge in [-0.1, -0.05) is 12.1 Å². The second-order valence-electron chi connectivity index (χ2n) is 8.20. The van der Waals surface area contributed by atoms with Gasteiger partial charge in [-0.25, -0.2) is 4.39 Å². The zero-order valence-electron chi connectivity index (χ0n) is 20.6. The van der Waals surface area contributed by atoms with Crippen LogP contribution in [-0.2, 0) is 22.3 Å². The number of benzene rings is 3. The monoisotopic (exact) mass is 543 g/mol. The Morgan fingerprint density at radius 2 is 1.64 bits per heavy atom. The quantitative estimate of drug-likeness (QED) is 0.253. The number of nitrogens with zero attached hydrogens (tertiary/aromatic N) is 2. The first-order valence-electron chi connectivity index (χ1n) is 11.3. The van der Waals surface area contributed by atoms with E-state index in [0.29, 0.717) is 22.4 Å². The summed E-state index contributed by atoms with van der Waals surface area (Å²) in [5, 5.41) is 0.494. The summed E-state index contributed by atoms with van der Waals surface area (Å²) < 4.78 is 71.0. The van der Waals surface area contributed by atoms with E-state index in [9.17, 15) is 22.8 Å². The maximum Gasteiger partial charge on any atom is 0.416 e. The van der Waals surface area contributed by atoms with Crippen molar-refractivity contribution in [3.8, 4) is 23.0 Å². The van der Waals surface area contributed by atoms with Crippen molar-refractivity contribution in [2.75, 3.05) is 19.1 Å². The van der Waals surface area contributed by atoms with Gasteiger partial charge in [-0.3, -0.25) is 19.5 Å². The van der Waals surface area contributed by atoms with E-state index in [1.165, 1.54) is 44.7 Å². The molecule has 0 aliphatic heterocycles. The topological polar surface area (TPSA) is 104 Å². The summed E-state index contributed by atoms with van der Waals surface area (Å²) >= 11 is 0. The number of aromatic nitrogens is 1. The van der Waals surface area contributed by atoms with Crippen LogP contribution in [0.25, 0.3) is 10.9 Å². The highest BCUT2D eigenvalue weighted by atomic mass is 19.4. The van der Waals surface area contributed by atoms with Gasteiger partial charge < -0.3 is 19.9 Å². The molecule has 0 atom stereocenters. The average molecular weight is 543 g/mol. The first-order chi connectivity index (χ1) is 18.5. The number of anilines is 1. The first-order valence-corrected chi connectivity index (χ1v) is 11.3. The Kier molecular flexibility index (Phi) is 7.56. The number of ether oxygens (including phenoxy) is 3. The number of carbonyl (C=O) groups is 2. The van der Waals surface area contributed by atoms with E-state index >= 15 is 4.39 Å². The zero-order chi connectivity index (χ0) is 28.3. The molecule has 0 spiro atoms. The van der Waals surface area contributed by atoms with Crippen molar-refractivity contribution >= 4 is 28.4 Å². The Morgan fingerprint density at radius 1 is 0.923 bits per heavy atom. The molecular weight excluding hydrogens is 522 g/mol. The number of methoxy groups -OCH3 is 2. The maximum absolute atomic E-state index is 15.2. The third-order valence-corrected chi connectivity index (χ3v) is 5.70. The normalized spacial score (nSPS) is 11.2. The number of hydrogen-bond acceptors (Lipinski definition) is 6. The van der Waals surface area contributed by atoms with Gasteiger partial charge in [-0.05, 0) is 42.0 Å². The predicted molar refractivity (Wildman–Crippen MR) is 133 cm³/mol. The molecule has 2 amide bonds. The molecule has 0 fully saturated rings. The Balaban J connectivity index is 1.67. The maximum atomic E-state index is 15.2. The van der Waals surface area contributed by atoms with Gasteiger partial charge in [0.05, 0.1) is 31.8 Å². The number of amides is 2. The molecule has 4 rings (SSSR count). The van der Waals surface area contributed by atoms with Gasteiger partial charge in [-0.2, -0.15) is 13.2 Å². The van der Waals surface area contributed by atoms with Crippen LogP contribution in [-0.4, -0.2) is 31.0 Å². The molecule has 39 heavy (non-hydrogen) atoms. The number of carbonyl (C=O) groups excluding carboxylic acids is 2. The van der Waals surface area contributed by atoms with Crippen molar-refractivity contribution in [2.45, 2.75) is 12.7 Å². The van der Waals surface area contributed by atoms with Crippen LogP contribution >= 0.6 is 0 Å². The Morgan fingerprint density at radius 3 is 2.28 bits per heavy atom. The molecule has 2 N–H and O–H groups in total. The number of hydrogen-bond donors (Lipinski definition) is 1. The highest BCUT2D eigenvalue weighted by Crippen LogP contribution is 2.38. The molecule has 202 valence electrons. The van der Waals surface area contributed by atoms with Crippen LogP contribution in [0.3, 0.4) is 0 Å². The molecule has 0 bridgehead atoms. The molecule has 0 saturated carbocycles. The van der Waals surface area contributed by atoms with Crippen molar-refractivity contribution in [3.05, 3.63) is 83.8 Å². The van der Waals surface area contributed by atoms with Crippen LogP contribution in [0.4, 0.5) is 23.2 Å². The molecule has 0 aliphatic rings. The number of halogens is 4. The summed E-state index contributed by atoms with van der Waals surface area (Å²) in [7, 11) is 2.93. The molecule has 4 aromatic rings. The predicted octanol–water partition coefficient (Wildman–Crippen LogP) is 5.22. The second kappa shape index (κ2) is 10.9. The van der Waals surface area contributed by atoms with E-state index in [-0.39, 0.29) is 22.7 Å². The largest absolute Gasteiger partial charge is 0.493 e. The van der Waals surface area contributed by atoms with Crippen molar-refractivity contribution < 1.29 is 41.4 Å². The van der Waals surface area contributed by atoms with Gasteiger partial charge >= 0.3 is 18.0 Å². The van der Waals surface area contributed by atoms with E-state index in [0.717, 1.165) is 29.2 Å². The molecule has 0 saturated heterocycles. The summed E-state index contributed by atoms with van der Waals surface area (Å²) in [5.41, 5.74) is 4.61. The van der Waals surface area contributed by atoms with Crippen molar-refractivity contribution in [3.63, 3.8) is 0 Å². The van der Waals surface area contributed by atoms with Gasteiger partial charge in [0.1, 0.15) is 5.75 Å². The van der Waals surface area contributed by atoms with Crippen LogP contribution in [0.15, 0.2) is 66.9 Å². The lowest BCUT2D eigenvalue weighted by molar-refractivity contribution is -0.137. The van der Waals surface area contributed by atoms with Gasteiger partial charge in [-0.15, -0.1) is 0 Å². The molecule has 0 radical (unpaired) electrons. The van der Waals surface area contributed by atoms with Crippen molar-refractivity contribution in [1.82, 2.24) is 4.98 Å². The fourth-order valence-corrected chi connectivity index (χ4v) is 3.84. The Hall–Kier alpha value is -4.87.